The van der Waals surface area contributed by atoms with Crippen molar-refractivity contribution in [1.29, 1.82) is 0 Å². The number of carbonyl (C=O) groups excluding carboxylic acids is 1. The van der Waals surface area contributed by atoms with Crippen LogP contribution in [0, 0.1) is 0 Å². The topological polar surface area (TPSA) is 91.2 Å². The van der Waals surface area contributed by atoms with Crippen LogP contribution >= 0.6 is 34.5 Å². The molecule has 1 amide bonds. The maximum Gasteiger partial charge on any atom is 0.257 e. The standard InChI is InChI=1S/C33H33Cl2N5O3S/c1-3-5-6-10-17-43-30-27(34)19-23(20-28(30)35)31(41)36-33-38-37-32(44-33)26-21-40(24-13-8-7-9-14-24)39-29(26)22-12-11-15-25(18-22)42-16-4-2/h7-9,11-15,18-21H,3-6,10,16-17H2,1-2H3,(H,36,38,41). The number of nitrogens with one attached hydrogen (secondary N) is 1. The van der Waals surface area contributed by atoms with Crippen molar-refractivity contribution < 1.29 is 14.3 Å². The SMILES string of the molecule is CCCCCCOc1c(Cl)cc(C(=O)Nc2nnc(-c3cn(-c4ccccc4)nc3-c3cccc(OCCC)c3)s2)cc1Cl. The molecule has 0 spiro atoms. The van der Waals surface area contributed by atoms with E-state index < -0.39 is 5.91 Å². The molecule has 0 aliphatic heterocycles. The van der Waals surface area contributed by atoms with Gasteiger partial charge in [-0.25, -0.2) is 4.68 Å². The van der Waals surface area contributed by atoms with Crippen LogP contribution in [0.25, 0.3) is 27.5 Å². The summed E-state index contributed by atoms with van der Waals surface area (Å²) in [6.45, 7) is 5.36. The highest BCUT2D eigenvalue weighted by Gasteiger charge is 2.20. The van der Waals surface area contributed by atoms with Crippen molar-refractivity contribution in [2.45, 2.75) is 46.0 Å². The molecule has 2 heterocycles. The zero-order valence-corrected chi connectivity index (χ0v) is 26.9. The van der Waals surface area contributed by atoms with Crippen molar-refractivity contribution in [3.63, 3.8) is 0 Å². The molecular formula is C33H33Cl2N5O3S. The summed E-state index contributed by atoms with van der Waals surface area (Å²) in [7, 11) is 0. The highest BCUT2D eigenvalue weighted by atomic mass is 35.5. The lowest BCUT2D eigenvalue weighted by Crippen LogP contribution is -2.12. The van der Waals surface area contributed by atoms with Crippen molar-refractivity contribution in [3.05, 3.63) is 88.5 Å². The summed E-state index contributed by atoms with van der Waals surface area (Å²) in [5, 5.41) is 17.8. The third-order valence-corrected chi connectivity index (χ3v) is 8.13. The summed E-state index contributed by atoms with van der Waals surface area (Å²) in [5.74, 6) is 0.735. The Morgan fingerprint density at radius 3 is 2.43 bits per heavy atom. The first kappa shape index (κ1) is 31.5. The smallest absolute Gasteiger partial charge is 0.257 e. The second-order valence-electron chi connectivity index (χ2n) is 10.1. The summed E-state index contributed by atoms with van der Waals surface area (Å²) in [6.07, 6.45) is 7.09. The van der Waals surface area contributed by atoms with E-state index in [0.29, 0.717) is 34.8 Å². The van der Waals surface area contributed by atoms with E-state index in [-0.39, 0.29) is 15.6 Å². The number of hydrogen-bond acceptors (Lipinski definition) is 7. The predicted molar refractivity (Wildman–Crippen MR) is 178 cm³/mol. The van der Waals surface area contributed by atoms with Gasteiger partial charge >= 0.3 is 0 Å². The lowest BCUT2D eigenvalue weighted by atomic mass is 10.1. The van der Waals surface area contributed by atoms with E-state index >= 15 is 0 Å². The highest BCUT2D eigenvalue weighted by Crippen LogP contribution is 2.37. The minimum atomic E-state index is -0.410. The van der Waals surface area contributed by atoms with Crippen LogP contribution in [0.15, 0.2) is 72.9 Å². The Kier molecular flexibility index (Phi) is 10.9. The molecule has 0 unspecified atom stereocenters. The molecule has 0 radical (unpaired) electrons. The quantitative estimate of drug-likeness (QED) is 0.121. The van der Waals surface area contributed by atoms with Crippen LogP contribution in [-0.4, -0.2) is 39.1 Å². The summed E-state index contributed by atoms with van der Waals surface area (Å²) >= 11 is 14.1. The maximum absolute atomic E-state index is 13.1. The minimum Gasteiger partial charge on any atom is -0.494 e. The molecule has 0 fully saturated rings. The Balaban J connectivity index is 1.38. The van der Waals surface area contributed by atoms with Gasteiger partial charge in [0, 0.05) is 17.3 Å². The lowest BCUT2D eigenvalue weighted by Gasteiger charge is -2.11. The summed E-state index contributed by atoms with van der Waals surface area (Å²) in [6, 6.07) is 20.7. The molecule has 0 atom stereocenters. The predicted octanol–water partition coefficient (Wildman–Crippen LogP) is 9.36. The number of amides is 1. The van der Waals surface area contributed by atoms with Gasteiger partial charge in [0.25, 0.3) is 5.91 Å². The van der Waals surface area contributed by atoms with Crippen LogP contribution in [0.5, 0.6) is 11.5 Å². The lowest BCUT2D eigenvalue weighted by molar-refractivity contribution is 0.102. The third kappa shape index (κ3) is 7.77. The summed E-state index contributed by atoms with van der Waals surface area (Å²) in [4.78, 5) is 13.1. The Labute approximate surface area is 271 Å². The number of para-hydroxylation sites is 1. The van der Waals surface area contributed by atoms with Gasteiger partial charge < -0.3 is 9.47 Å². The van der Waals surface area contributed by atoms with Crippen LogP contribution in [0.3, 0.4) is 0 Å². The molecule has 3 aromatic carbocycles. The van der Waals surface area contributed by atoms with Crippen LogP contribution in [0.2, 0.25) is 10.0 Å². The van der Waals surface area contributed by atoms with Crippen LogP contribution < -0.4 is 14.8 Å². The maximum atomic E-state index is 13.1. The largest absolute Gasteiger partial charge is 0.494 e. The number of anilines is 1. The Morgan fingerprint density at radius 2 is 1.68 bits per heavy atom. The van der Waals surface area contributed by atoms with Crippen molar-refractivity contribution in [1.82, 2.24) is 20.0 Å². The molecule has 0 saturated heterocycles. The van der Waals surface area contributed by atoms with Gasteiger partial charge in [-0.3, -0.25) is 10.1 Å². The van der Waals surface area contributed by atoms with Gasteiger partial charge in [-0.15, -0.1) is 10.2 Å². The van der Waals surface area contributed by atoms with E-state index in [9.17, 15) is 4.79 Å². The molecule has 8 nitrogen and oxygen atoms in total. The first-order valence-electron chi connectivity index (χ1n) is 14.6. The van der Waals surface area contributed by atoms with E-state index in [1.165, 1.54) is 11.3 Å². The molecule has 0 aliphatic carbocycles. The summed E-state index contributed by atoms with van der Waals surface area (Å²) < 4.78 is 13.5. The summed E-state index contributed by atoms with van der Waals surface area (Å²) in [5.41, 5.74) is 3.55. The van der Waals surface area contributed by atoms with Gasteiger partial charge in [-0.1, -0.05) is 98.0 Å². The number of ether oxygens (including phenoxy) is 2. The molecule has 44 heavy (non-hydrogen) atoms. The fourth-order valence-corrected chi connectivity index (χ4v) is 5.84. The fourth-order valence-electron chi connectivity index (χ4n) is 4.49. The van der Waals surface area contributed by atoms with Crippen molar-refractivity contribution in [2.24, 2.45) is 0 Å². The second kappa shape index (κ2) is 15.2. The number of hydrogen-bond donors (Lipinski definition) is 1. The average Bonchev–Trinajstić information content (AvgIpc) is 3.69. The normalized spacial score (nSPS) is 11.0. The van der Waals surface area contributed by atoms with E-state index in [1.54, 1.807) is 16.8 Å². The molecule has 1 N–H and O–H groups in total. The number of halogens is 2. The minimum absolute atomic E-state index is 0.277. The van der Waals surface area contributed by atoms with Gasteiger partial charge in [-0.05, 0) is 49.2 Å². The Morgan fingerprint density at radius 1 is 0.886 bits per heavy atom. The second-order valence-corrected chi connectivity index (χ2v) is 11.9. The Hall–Kier alpha value is -3.92. The fraction of sp³-hybridized carbons (Fsp3) is 0.273. The molecule has 5 aromatic rings. The van der Waals surface area contributed by atoms with Crippen LogP contribution in [0.1, 0.15) is 56.3 Å². The average molecular weight is 651 g/mol. The van der Waals surface area contributed by atoms with E-state index in [1.807, 2.05) is 60.8 Å². The Bertz CT molecular complexity index is 1680. The molecular weight excluding hydrogens is 617 g/mol. The first-order chi connectivity index (χ1) is 21.5. The molecule has 5 rings (SSSR count). The van der Waals surface area contributed by atoms with Crippen molar-refractivity contribution in [2.75, 3.05) is 18.5 Å². The number of rotatable bonds is 14. The van der Waals surface area contributed by atoms with Gasteiger partial charge in [0.2, 0.25) is 5.13 Å². The van der Waals surface area contributed by atoms with Crippen molar-refractivity contribution >= 4 is 45.6 Å². The molecule has 0 saturated carbocycles. The highest BCUT2D eigenvalue weighted by molar-refractivity contribution is 7.18. The van der Waals surface area contributed by atoms with Gasteiger partial charge in [0.15, 0.2) is 10.8 Å². The van der Waals surface area contributed by atoms with Crippen molar-refractivity contribution in [3.8, 4) is 39.0 Å². The zero-order valence-electron chi connectivity index (χ0n) is 24.6. The molecule has 11 heteroatoms. The third-order valence-electron chi connectivity index (χ3n) is 6.70. The van der Waals surface area contributed by atoms with E-state index in [4.69, 9.17) is 37.8 Å². The van der Waals surface area contributed by atoms with Crippen LogP contribution in [0.4, 0.5) is 5.13 Å². The van der Waals surface area contributed by atoms with Gasteiger partial charge in [-0.2, -0.15) is 5.10 Å². The van der Waals surface area contributed by atoms with Gasteiger partial charge in [0.05, 0.1) is 34.5 Å². The number of benzene rings is 3. The van der Waals surface area contributed by atoms with E-state index in [0.717, 1.165) is 54.7 Å². The molecule has 0 bridgehead atoms. The molecule has 228 valence electrons. The molecule has 2 aromatic heterocycles. The number of nitrogens with zero attached hydrogens (tertiary/aromatic N) is 4. The monoisotopic (exact) mass is 649 g/mol. The number of aromatic nitrogens is 4. The number of unbranched alkanes of at least 4 members (excludes halogenated alkanes) is 3. The zero-order chi connectivity index (χ0) is 30.9. The van der Waals surface area contributed by atoms with Crippen LogP contribution in [-0.2, 0) is 0 Å². The van der Waals surface area contributed by atoms with Gasteiger partial charge in [0.1, 0.15) is 11.4 Å². The van der Waals surface area contributed by atoms with E-state index in [2.05, 4.69) is 29.4 Å². The number of carbonyl (C=O) groups is 1. The first-order valence-corrected chi connectivity index (χ1v) is 16.2. The molecule has 0 aliphatic rings.